The molecule has 1 aromatic heterocycles. The predicted octanol–water partition coefficient (Wildman–Crippen LogP) is 6.88. The number of fused-ring (bicyclic) bond motifs is 1. The van der Waals surface area contributed by atoms with Crippen LogP contribution < -0.4 is 10.1 Å². The van der Waals surface area contributed by atoms with Crippen molar-refractivity contribution in [3.05, 3.63) is 47.0 Å². The fourth-order valence-electron chi connectivity index (χ4n) is 5.58. The normalized spacial score (nSPS) is 19.1. The number of ether oxygens (including phenoxy) is 1. The number of carboxylic acids is 1. The molecule has 0 saturated heterocycles. The minimum absolute atomic E-state index is 0.0383. The highest BCUT2D eigenvalue weighted by atomic mass is 35.5. The van der Waals surface area contributed by atoms with Gasteiger partial charge in [-0.15, -0.1) is 13.2 Å². The molecule has 210 valence electrons. The van der Waals surface area contributed by atoms with Gasteiger partial charge in [0.15, 0.2) is 0 Å². The molecule has 0 aliphatic heterocycles. The third kappa shape index (κ3) is 6.76. The van der Waals surface area contributed by atoms with Crippen molar-refractivity contribution in [2.75, 3.05) is 18.9 Å². The van der Waals surface area contributed by atoms with Crippen molar-refractivity contribution in [2.45, 2.75) is 52.4 Å². The molecule has 2 N–H and O–H groups in total. The van der Waals surface area contributed by atoms with Gasteiger partial charge in [0.2, 0.25) is 5.95 Å². The maximum absolute atomic E-state index is 12.9. The number of nitrogens with one attached hydrogen (secondary N) is 1. The number of carbonyl (C=O) groups is 2. The molecule has 0 radical (unpaired) electrons. The average molecular weight is 567 g/mol. The quantitative estimate of drug-likeness (QED) is 0.324. The van der Waals surface area contributed by atoms with E-state index in [0.29, 0.717) is 28.6 Å². The van der Waals surface area contributed by atoms with E-state index in [-0.39, 0.29) is 27.8 Å². The second-order valence-electron chi connectivity index (χ2n) is 10.9. The number of amides is 1. The zero-order chi connectivity index (χ0) is 28.7. The monoisotopic (exact) mass is 566 g/mol. The molecule has 0 bridgehead atoms. The number of anilines is 2. The van der Waals surface area contributed by atoms with Crippen LogP contribution in [-0.2, 0) is 4.79 Å². The van der Waals surface area contributed by atoms with Crippen LogP contribution in [0.1, 0.15) is 56.4 Å². The van der Waals surface area contributed by atoms with Crippen LogP contribution in [0.3, 0.4) is 0 Å². The summed E-state index contributed by atoms with van der Waals surface area (Å²) in [7, 11) is 1.38. The lowest BCUT2D eigenvalue weighted by atomic mass is 9.70. The number of carbonyl (C=O) groups excluding carboxylic acids is 1. The van der Waals surface area contributed by atoms with Gasteiger partial charge in [0.05, 0.1) is 21.6 Å². The number of nitrogens with zero attached hydrogens (tertiary/aromatic N) is 3. The Hall–Kier alpha value is -3.47. The minimum atomic E-state index is -4.79. The van der Waals surface area contributed by atoms with E-state index in [1.165, 1.54) is 37.4 Å². The first kappa shape index (κ1) is 28.5. The van der Waals surface area contributed by atoms with Crippen LogP contribution in [0.25, 0.3) is 11.0 Å². The Labute approximate surface area is 228 Å². The summed E-state index contributed by atoms with van der Waals surface area (Å²) in [6.45, 7) is 6.13. The van der Waals surface area contributed by atoms with Crippen molar-refractivity contribution in [3.8, 4) is 5.75 Å². The Balaban J connectivity index is 1.77. The Bertz CT molecular complexity index is 1390. The molecule has 8 nitrogen and oxygen atoms in total. The number of alkyl halides is 3. The molecule has 1 heterocycles. The molecule has 1 amide bonds. The largest absolute Gasteiger partial charge is 0.573 e. The Morgan fingerprint density at radius 2 is 1.90 bits per heavy atom. The lowest BCUT2D eigenvalue weighted by Crippen LogP contribution is -2.32. The van der Waals surface area contributed by atoms with Crippen molar-refractivity contribution in [1.82, 2.24) is 14.5 Å². The number of aromatic nitrogens is 2. The van der Waals surface area contributed by atoms with Crippen molar-refractivity contribution in [1.29, 1.82) is 0 Å². The first-order chi connectivity index (χ1) is 18.1. The Morgan fingerprint density at radius 3 is 2.49 bits per heavy atom. The fourth-order valence-corrected chi connectivity index (χ4v) is 5.82. The second kappa shape index (κ2) is 10.6. The number of benzene rings is 2. The third-order valence-corrected chi connectivity index (χ3v) is 7.11. The van der Waals surface area contributed by atoms with E-state index in [1.807, 2.05) is 4.57 Å². The molecule has 4 rings (SSSR count). The van der Waals surface area contributed by atoms with Gasteiger partial charge in [0.1, 0.15) is 12.3 Å². The highest BCUT2D eigenvalue weighted by Gasteiger charge is 2.35. The molecule has 1 aliphatic carbocycles. The molecule has 2 aromatic carbocycles. The number of halogens is 4. The van der Waals surface area contributed by atoms with E-state index >= 15 is 0 Å². The molecule has 2 atom stereocenters. The topological polar surface area (TPSA) is 96.7 Å². The maximum Gasteiger partial charge on any atom is 0.573 e. The molecular formula is C27H30ClF3N4O4. The van der Waals surface area contributed by atoms with Crippen molar-refractivity contribution >= 4 is 46.1 Å². The van der Waals surface area contributed by atoms with E-state index in [4.69, 9.17) is 21.7 Å². The first-order valence-electron chi connectivity index (χ1n) is 12.4. The highest BCUT2D eigenvalue weighted by molar-refractivity contribution is 6.34. The number of hydrogen-bond acceptors (Lipinski definition) is 5. The highest BCUT2D eigenvalue weighted by Crippen LogP contribution is 2.46. The average Bonchev–Trinajstić information content (AvgIpc) is 3.13. The van der Waals surface area contributed by atoms with Crippen molar-refractivity contribution < 1.29 is 32.6 Å². The van der Waals surface area contributed by atoms with Gasteiger partial charge in [-0.1, -0.05) is 32.4 Å². The van der Waals surface area contributed by atoms with Crippen LogP contribution in [0.4, 0.5) is 24.8 Å². The van der Waals surface area contributed by atoms with Crippen LogP contribution in [0.5, 0.6) is 5.75 Å². The summed E-state index contributed by atoms with van der Waals surface area (Å²) in [5.74, 6) is -1.17. The standard InChI is InChI=1S/C27H30ClF3N4O4/c1-15-9-17(13-26(2,3)12-15)35-22-11-20(28)19(24(38)34(4)14-23(36)37)10-21(22)33-25(35)32-16-5-7-18(8-6-16)39-27(29,30)31/h5-8,10-11,15,17H,9,12-14H2,1-4H3,(H,32,33)(H,36,37)/t15-,17?/m0/s1. The number of rotatable bonds is 7. The van der Waals surface area contributed by atoms with Gasteiger partial charge >= 0.3 is 12.3 Å². The summed E-state index contributed by atoms with van der Waals surface area (Å²) < 4.78 is 43.7. The molecule has 12 heteroatoms. The summed E-state index contributed by atoms with van der Waals surface area (Å²) in [6.07, 6.45) is -1.99. The minimum Gasteiger partial charge on any atom is -0.480 e. The van der Waals surface area contributed by atoms with E-state index < -0.39 is 24.8 Å². The maximum atomic E-state index is 12.9. The molecule has 1 saturated carbocycles. The van der Waals surface area contributed by atoms with Crippen LogP contribution in [-0.4, -0.2) is 51.4 Å². The van der Waals surface area contributed by atoms with Crippen LogP contribution in [0, 0.1) is 11.3 Å². The van der Waals surface area contributed by atoms with Gasteiger partial charge < -0.3 is 24.6 Å². The lowest BCUT2D eigenvalue weighted by Gasteiger charge is -2.40. The second-order valence-corrected chi connectivity index (χ2v) is 11.4. The van der Waals surface area contributed by atoms with E-state index in [2.05, 4.69) is 30.8 Å². The van der Waals surface area contributed by atoms with Gasteiger partial charge in [-0.05, 0) is 67.0 Å². The number of aliphatic carboxylic acids is 1. The summed E-state index contributed by atoms with van der Waals surface area (Å²) in [6, 6.07) is 8.57. The van der Waals surface area contributed by atoms with Crippen molar-refractivity contribution in [2.24, 2.45) is 11.3 Å². The SMILES string of the molecule is C[C@H]1CC(n2c(Nc3ccc(OC(F)(F)F)cc3)nc3cc(C(=O)N(C)CC(=O)O)c(Cl)cc32)CC(C)(C)C1. The molecule has 1 unspecified atom stereocenters. The molecule has 1 aliphatic rings. The van der Waals surface area contributed by atoms with Crippen LogP contribution >= 0.6 is 11.6 Å². The fraction of sp³-hybridized carbons (Fsp3) is 0.444. The van der Waals surface area contributed by atoms with Crippen LogP contribution in [0.2, 0.25) is 5.02 Å². The lowest BCUT2D eigenvalue weighted by molar-refractivity contribution is -0.274. The molecule has 39 heavy (non-hydrogen) atoms. The Morgan fingerprint density at radius 1 is 1.23 bits per heavy atom. The number of imidazole rings is 1. The van der Waals surface area contributed by atoms with Gasteiger partial charge in [-0.3, -0.25) is 9.59 Å². The van der Waals surface area contributed by atoms with E-state index in [0.717, 1.165) is 24.2 Å². The molecule has 0 spiro atoms. The Kier molecular flexibility index (Phi) is 7.75. The third-order valence-electron chi connectivity index (χ3n) is 6.80. The van der Waals surface area contributed by atoms with Gasteiger partial charge in [0.25, 0.3) is 5.91 Å². The van der Waals surface area contributed by atoms with Crippen LogP contribution in [0.15, 0.2) is 36.4 Å². The van der Waals surface area contributed by atoms with Gasteiger partial charge in [-0.2, -0.15) is 0 Å². The smallest absolute Gasteiger partial charge is 0.480 e. The molecular weight excluding hydrogens is 537 g/mol. The predicted molar refractivity (Wildman–Crippen MR) is 142 cm³/mol. The van der Waals surface area contributed by atoms with Gasteiger partial charge in [0, 0.05) is 18.8 Å². The van der Waals surface area contributed by atoms with E-state index in [1.54, 1.807) is 6.07 Å². The van der Waals surface area contributed by atoms with Gasteiger partial charge in [-0.25, -0.2) is 4.98 Å². The van der Waals surface area contributed by atoms with Crippen molar-refractivity contribution in [3.63, 3.8) is 0 Å². The zero-order valence-corrected chi connectivity index (χ0v) is 22.7. The summed E-state index contributed by atoms with van der Waals surface area (Å²) >= 11 is 6.55. The summed E-state index contributed by atoms with van der Waals surface area (Å²) in [4.78, 5) is 29.8. The molecule has 1 fully saturated rings. The number of likely N-dealkylation sites (N-methyl/N-ethyl adjacent to an activating group) is 1. The first-order valence-corrected chi connectivity index (χ1v) is 12.8. The number of carboxylic acid groups (broad SMARTS) is 1. The van der Waals surface area contributed by atoms with E-state index in [9.17, 15) is 22.8 Å². The zero-order valence-electron chi connectivity index (χ0n) is 22.0. The summed E-state index contributed by atoms with van der Waals surface area (Å²) in [5.41, 5.74) is 1.84. The number of hydrogen-bond donors (Lipinski definition) is 2. The molecule has 3 aromatic rings. The summed E-state index contributed by atoms with van der Waals surface area (Å²) in [5, 5.41) is 12.4.